The van der Waals surface area contributed by atoms with Crippen LogP contribution in [0.15, 0.2) is 18.2 Å². The van der Waals surface area contributed by atoms with Gasteiger partial charge in [-0.2, -0.15) is 0 Å². The molecule has 1 N–H and O–H groups in total. The summed E-state index contributed by atoms with van der Waals surface area (Å²) in [5.74, 6) is 0.0640. The molecule has 1 saturated heterocycles. The molecule has 4 unspecified atom stereocenters. The van der Waals surface area contributed by atoms with Gasteiger partial charge in [-0.15, -0.1) is 0 Å². The molecule has 1 aromatic carbocycles. The topological polar surface area (TPSA) is 110 Å². The molecule has 9 heteroatoms. The number of nitro benzene ring substituents is 1. The molecular weight excluding hydrogens is 334 g/mol. The minimum atomic E-state index is -0.754. The molecule has 4 atom stereocenters. The molecule has 0 saturated carbocycles. The Balaban J connectivity index is 2.20. The SMILES string of the molecule is COCC1OC(Oc2ccc(CO)cc2[N+](=O)[O-])CC(OC)C1OC. The number of aliphatic hydroxyl groups excluding tert-OH is 1. The molecule has 140 valence electrons. The Bertz CT molecular complexity index is 581. The van der Waals surface area contributed by atoms with E-state index in [-0.39, 0.29) is 36.9 Å². The Morgan fingerprint density at radius 2 is 2.08 bits per heavy atom. The second-order valence-corrected chi connectivity index (χ2v) is 5.60. The Hall–Kier alpha value is -1.78. The third-order valence-corrected chi connectivity index (χ3v) is 4.05. The van der Waals surface area contributed by atoms with Gasteiger partial charge in [0.05, 0.1) is 24.2 Å². The minimum Gasteiger partial charge on any atom is -0.458 e. The normalized spacial score (nSPS) is 26.4. The Labute approximate surface area is 145 Å². The fourth-order valence-corrected chi connectivity index (χ4v) is 2.84. The first-order chi connectivity index (χ1) is 12.0. The minimum absolute atomic E-state index is 0.0640. The number of hydrogen-bond acceptors (Lipinski definition) is 8. The molecule has 0 bridgehead atoms. The Morgan fingerprint density at radius 3 is 2.64 bits per heavy atom. The molecule has 1 aliphatic rings. The highest BCUT2D eigenvalue weighted by molar-refractivity contribution is 5.48. The van der Waals surface area contributed by atoms with Gasteiger partial charge in [-0.3, -0.25) is 10.1 Å². The molecule has 0 radical (unpaired) electrons. The number of nitrogens with zero attached hydrogens (tertiary/aromatic N) is 1. The van der Waals surface area contributed by atoms with Crippen LogP contribution in [0, 0.1) is 10.1 Å². The summed E-state index contributed by atoms with van der Waals surface area (Å²) in [7, 11) is 4.66. The van der Waals surface area contributed by atoms with Gasteiger partial charge in [-0.25, -0.2) is 0 Å². The van der Waals surface area contributed by atoms with E-state index in [0.29, 0.717) is 12.0 Å². The van der Waals surface area contributed by atoms with Gasteiger partial charge in [0.25, 0.3) is 0 Å². The predicted molar refractivity (Wildman–Crippen MR) is 86.4 cm³/mol. The average Bonchev–Trinajstić information content (AvgIpc) is 2.61. The zero-order valence-electron chi connectivity index (χ0n) is 14.4. The van der Waals surface area contributed by atoms with E-state index in [9.17, 15) is 10.1 Å². The van der Waals surface area contributed by atoms with Crippen molar-refractivity contribution in [2.45, 2.75) is 37.6 Å². The molecule has 0 aromatic heterocycles. The zero-order chi connectivity index (χ0) is 18.4. The molecule has 9 nitrogen and oxygen atoms in total. The fourth-order valence-electron chi connectivity index (χ4n) is 2.84. The maximum absolute atomic E-state index is 11.3. The molecule has 2 rings (SSSR count). The van der Waals surface area contributed by atoms with Crippen molar-refractivity contribution in [3.63, 3.8) is 0 Å². The summed E-state index contributed by atoms with van der Waals surface area (Å²) in [6, 6.07) is 4.28. The van der Waals surface area contributed by atoms with Crippen LogP contribution in [-0.2, 0) is 25.6 Å². The molecule has 0 amide bonds. The lowest BCUT2D eigenvalue weighted by molar-refractivity contribution is -0.386. The van der Waals surface area contributed by atoms with Gasteiger partial charge in [-0.1, -0.05) is 6.07 Å². The highest BCUT2D eigenvalue weighted by Crippen LogP contribution is 2.32. The number of benzene rings is 1. The van der Waals surface area contributed by atoms with Gasteiger partial charge >= 0.3 is 5.69 Å². The summed E-state index contributed by atoms with van der Waals surface area (Å²) < 4.78 is 27.6. The average molecular weight is 357 g/mol. The molecule has 25 heavy (non-hydrogen) atoms. The van der Waals surface area contributed by atoms with E-state index < -0.39 is 17.3 Å². The van der Waals surface area contributed by atoms with Gasteiger partial charge in [0.15, 0.2) is 5.75 Å². The number of ether oxygens (including phenoxy) is 5. The van der Waals surface area contributed by atoms with E-state index in [1.807, 2.05) is 0 Å². The summed E-state index contributed by atoms with van der Waals surface area (Å²) in [6.07, 6.45) is -1.49. The van der Waals surface area contributed by atoms with Crippen molar-refractivity contribution in [1.29, 1.82) is 0 Å². The van der Waals surface area contributed by atoms with Crippen LogP contribution < -0.4 is 4.74 Å². The predicted octanol–water partition coefficient (Wildman–Crippen LogP) is 1.26. The van der Waals surface area contributed by atoms with Crippen LogP contribution in [0.25, 0.3) is 0 Å². The molecule has 1 fully saturated rings. The lowest BCUT2D eigenvalue weighted by Gasteiger charge is -2.39. The second-order valence-electron chi connectivity index (χ2n) is 5.60. The van der Waals surface area contributed by atoms with Crippen LogP contribution in [0.4, 0.5) is 5.69 Å². The summed E-state index contributed by atoms with van der Waals surface area (Å²) >= 11 is 0. The zero-order valence-corrected chi connectivity index (χ0v) is 14.4. The van der Waals surface area contributed by atoms with Crippen molar-refractivity contribution in [2.75, 3.05) is 27.9 Å². The number of methoxy groups -OCH3 is 3. The lowest BCUT2D eigenvalue weighted by Crippen LogP contribution is -2.53. The number of rotatable bonds is 8. The number of hydrogen-bond donors (Lipinski definition) is 1. The van der Waals surface area contributed by atoms with Crippen LogP contribution in [0.2, 0.25) is 0 Å². The summed E-state index contributed by atoms with van der Waals surface area (Å²) in [5.41, 5.74) is 0.191. The standard InChI is InChI=1S/C16H23NO8/c1-21-9-14-16(23-3)13(22-2)7-15(25-14)24-12-5-4-10(8-18)6-11(12)17(19)20/h4-6,13-16,18H,7-9H2,1-3H3. The van der Waals surface area contributed by atoms with Crippen molar-refractivity contribution in [3.8, 4) is 5.75 Å². The molecule has 0 spiro atoms. The number of nitro groups is 1. The first-order valence-corrected chi connectivity index (χ1v) is 7.78. The quantitative estimate of drug-likeness (QED) is 0.547. The third kappa shape index (κ3) is 4.65. The van der Waals surface area contributed by atoms with Crippen molar-refractivity contribution in [2.24, 2.45) is 0 Å². The van der Waals surface area contributed by atoms with Crippen molar-refractivity contribution < 1.29 is 33.7 Å². The van der Waals surface area contributed by atoms with Gasteiger partial charge in [0.1, 0.15) is 12.2 Å². The summed E-state index contributed by atoms with van der Waals surface area (Å²) in [5, 5.41) is 20.4. The van der Waals surface area contributed by atoms with E-state index in [1.54, 1.807) is 27.4 Å². The van der Waals surface area contributed by atoms with E-state index in [4.69, 9.17) is 28.8 Å². The van der Waals surface area contributed by atoms with Gasteiger partial charge in [0, 0.05) is 33.8 Å². The van der Waals surface area contributed by atoms with E-state index in [0.717, 1.165) is 0 Å². The van der Waals surface area contributed by atoms with Crippen LogP contribution in [-0.4, -0.2) is 62.6 Å². The second kappa shape index (κ2) is 9.07. The van der Waals surface area contributed by atoms with Crippen LogP contribution >= 0.6 is 0 Å². The van der Waals surface area contributed by atoms with Crippen LogP contribution in [0.3, 0.4) is 0 Å². The lowest BCUT2D eigenvalue weighted by atomic mass is 10.0. The molecule has 1 aliphatic heterocycles. The van der Waals surface area contributed by atoms with Crippen LogP contribution in [0.5, 0.6) is 5.75 Å². The van der Waals surface area contributed by atoms with E-state index in [2.05, 4.69) is 0 Å². The molecule has 0 aliphatic carbocycles. The largest absolute Gasteiger partial charge is 0.458 e. The Morgan fingerprint density at radius 1 is 1.32 bits per heavy atom. The van der Waals surface area contributed by atoms with Gasteiger partial charge < -0.3 is 28.8 Å². The molecule has 1 heterocycles. The first kappa shape index (κ1) is 19.5. The van der Waals surface area contributed by atoms with Crippen molar-refractivity contribution in [1.82, 2.24) is 0 Å². The summed E-state index contributed by atoms with van der Waals surface area (Å²) in [4.78, 5) is 10.7. The monoisotopic (exact) mass is 357 g/mol. The van der Waals surface area contributed by atoms with E-state index >= 15 is 0 Å². The van der Waals surface area contributed by atoms with Crippen molar-refractivity contribution >= 4 is 5.69 Å². The Kier molecular flexibility index (Phi) is 7.09. The third-order valence-electron chi connectivity index (χ3n) is 4.05. The molecular formula is C16H23NO8. The maximum atomic E-state index is 11.3. The fraction of sp³-hybridized carbons (Fsp3) is 0.625. The summed E-state index contributed by atoms with van der Waals surface area (Å²) in [6.45, 7) is -0.0258. The van der Waals surface area contributed by atoms with Crippen LogP contribution in [0.1, 0.15) is 12.0 Å². The van der Waals surface area contributed by atoms with E-state index in [1.165, 1.54) is 12.1 Å². The van der Waals surface area contributed by atoms with Gasteiger partial charge in [-0.05, 0) is 11.6 Å². The smallest absolute Gasteiger partial charge is 0.311 e. The highest BCUT2D eigenvalue weighted by atomic mass is 16.7. The molecule has 1 aromatic rings. The highest BCUT2D eigenvalue weighted by Gasteiger charge is 2.40. The van der Waals surface area contributed by atoms with Gasteiger partial charge in [0.2, 0.25) is 6.29 Å². The first-order valence-electron chi connectivity index (χ1n) is 7.78. The van der Waals surface area contributed by atoms with Crippen molar-refractivity contribution in [3.05, 3.63) is 33.9 Å². The number of aliphatic hydroxyl groups is 1. The maximum Gasteiger partial charge on any atom is 0.311 e.